The number of Topliss-reactive ketones (excluding diaryl/α,β-unsaturated/α-hetero) is 1. The smallest absolute Gasteiger partial charge is 0.372 e. The van der Waals surface area contributed by atoms with Gasteiger partial charge in [0.15, 0.2) is 0 Å². The van der Waals surface area contributed by atoms with E-state index in [1.165, 1.54) is 20.8 Å². The van der Waals surface area contributed by atoms with E-state index in [1.807, 2.05) is 0 Å². The van der Waals surface area contributed by atoms with E-state index in [0.717, 1.165) is 0 Å². The number of rotatable bonds is 5. The number of carboxylic acid groups (broad SMARTS) is 3. The molecule has 6 N–H and O–H groups in total. The third kappa shape index (κ3) is 25.0. The van der Waals surface area contributed by atoms with E-state index in [1.54, 1.807) is 0 Å². The molecule has 0 aromatic rings. The van der Waals surface area contributed by atoms with Crippen molar-refractivity contribution in [3.8, 4) is 0 Å². The first-order chi connectivity index (χ1) is 8.95. The van der Waals surface area contributed by atoms with Gasteiger partial charge in [-0.15, -0.1) is 0 Å². The Balaban J connectivity index is -0.000000218. The van der Waals surface area contributed by atoms with Gasteiger partial charge in [0.2, 0.25) is 5.78 Å². The molecule has 0 saturated heterocycles. The number of aliphatic hydroxyl groups excluding tert-OH is 1. The molecule has 118 valence electrons. The third-order valence-corrected chi connectivity index (χ3v) is 1.42. The molecular weight excluding hydrogens is 274 g/mol. The molecule has 0 saturated carbocycles. The van der Waals surface area contributed by atoms with Crippen molar-refractivity contribution in [2.75, 3.05) is 0 Å². The van der Waals surface area contributed by atoms with E-state index in [2.05, 4.69) is 0 Å². The highest BCUT2D eigenvalue weighted by molar-refractivity contribution is 6.32. The number of carboxylic acids is 3. The van der Waals surface area contributed by atoms with Crippen LogP contribution in [0.25, 0.3) is 0 Å². The average Bonchev–Trinajstić information content (AvgIpc) is 2.27. The highest BCUT2D eigenvalue weighted by atomic mass is 16.4. The first-order valence-corrected chi connectivity index (χ1v) is 5.59. The minimum Gasteiger partial charge on any atom is -0.481 e. The summed E-state index contributed by atoms with van der Waals surface area (Å²) in [6, 6.07) is -0.731. The summed E-state index contributed by atoms with van der Waals surface area (Å²) < 4.78 is 0. The lowest BCUT2D eigenvalue weighted by Crippen LogP contribution is -2.25. The van der Waals surface area contributed by atoms with Crippen LogP contribution >= 0.6 is 0 Å². The van der Waals surface area contributed by atoms with Crippen LogP contribution in [0.2, 0.25) is 0 Å². The normalized spacial score (nSPS) is 11.7. The highest BCUT2D eigenvalue weighted by Gasteiger charge is 2.05. The van der Waals surface area contributed by atoms with Crippen LogP contribution in [0.4, 0.5) is 0 Å². The molecule has 9 heteroatoms. The molecule has 0 aliphatic heterocycles. The zero-order valence-electron chi connectivity index (χ0n) is 11.6. The number of hydrogen-bond donors (Lipinski definition) is 5. The van der Waals surface area contributed by atoms with Crippen LogP contribution in [0.3, 0.4) is 0 Å². The van der Waals surface area contributed by atoms with Crippen molar-refractivity contribution in [3.63, 3.8) is 0 Å². The fraction of sp³-hybridized carbons (Fsp3) is 0.636. The molecule has 9 nitrogen and oxygen atoms in total. The standard InChI is InChI=1S/C4H8O3.C4H6O3.C3H7NO2/c1-3(5)2-4(6)7;1-2-3(5)4(6)7;1-2(4)3(5)6/h3,5H,2H2,1H3,(H,6,7);2H2,1H3,(H,6,7);2H,4H2,1H3,(H,5,6). The average molecular weight is 295 g/mol. The van der Waals surface area contributed by atoms with Gasteiger partial charge in [0, 0.05) is 6.42 Å². The van der Waals surface area contributed by atoms with Crippen LogP contribution in [0, 0.1) is 0 Å². The van der Waals surface area contributed by atoms with E-state index in [-0.39, 0.29) is 12.8 Å². The van der Waals surface area contributed by atoms with Gasteiger partial charge < -0.3 is 26.2 Å². The summed E-state index contributed by atoms with van der Waals surface area (Å²) >= 11 is 0. The number of ketones is 1. The number of carbonyl (C=O) groups excluding carboxylic acids is 1. The fourth-order valence-corrected chi connectivity index (χ4v) is 0.404. The Morgan fingerprint density at radius 3 is 1.40 bits per heavy atom. The summed E-state index contributed by atoms with van der Waals surface area (Å²) in [5.41, 5.74) is 4.84. The minimum atomic E-state index is -1.34. The molecule has 0 aliphatic rings. The number of hydrogen-bond acceptors (Lipinski definition) is 6. The maximum atomic E-state index is 9.91. The summed E-state index contributed by atoms with van der Waals surface area (Å²) in [6.07, 6.45) is -0.813. The van der Waals surface area contributed by atoms with Crippen LogP contribution in [0.5, 0.6) is 0 Å². The summed E-state index contributed by atoms with van der Waals surface area (Å²) in [5, 5.41) is 32.0. The van der Waals surface area contributed by atoms with Gasteiger partial charge in [-0.25, -0.2) is 4.79 Å². The second-order valence-electron chi connectivity index (χ2n) is 3.66. The molecule has 0 heterocycles. The Labute approximate surface area is 116 Å². The highest BCUT2D eigenvalue weighted by Crippen LogP contribution is 1.85. The predicted molar refractivity (Wildman–Crippen MR) is 68.2 cm³/mol. The molecule has 2 atom stereocenters. The van der Waals surface area contributed by atoms with Crippen LogP contribution in [-0.2, 0) is 19.2 Å². The van der Waals surface area contributed by atoms with Crippen LogP contribution < -0.4 is 5.73 Å². The first kappa shape index (κ1) is 23.1. The quantitative estimate of drug-likeness (QED) is 0.411. The van der Waals surface area contributed by atoms with E-state index < -0.39 is 35.8 Å². The second kappa shape index (κ2) is 13.4. The molecule has 0 radical (unpaired) electrons. The predicted octanol–water partition coefficient (Wildman–Crippen LogP) is -0.690. The molecule has 0 aromatic heterocycles. The van der Waals surface area contributed by atoms with Crippen molar-refractivity contribution < 1.29 is 39.6 Å². The summed E-state index contributed by atoms with van der Waals surface area (Å²) in [4.78, 5) is 38.7. The zero-order valence-corrected chi connectivity index (χ0v) is 11.6. The molecular formula is C11H21NO8. The molecule has 0 amide bonds. The van der Waals surface area contributed by atoms with Gasteiger partial charge >= 0.3 is 17.9 Å². The first-order valence-electron chi connectivity index (χ1n) is 5.59. The number of aliphatic hydroxyl groups is 1. The van der Waals surface area contributed by atoms with Crippen molar-refractivity contribution in [3.05, 3.63) is 0 Å². The molecule has 0 aromatic carbocycles. The van der Waals surface area contributed by atoms with Gasteiger partial charge in [-0.1, -0.05) is 6.92 Å². The third-order valence-electron chi connectivity index (χ3n) is 1.42. The topological polar surface area (TPSA) is 175 Å². The molecule has 0 fully saturated rings. The Morgan fingerprint density at radius 1 is 1.05 bits per heavy atom. The second-order valence-corrected chi connectivity index (χ2v) is 3.66. The Hall–Kier alpha value is -2.00. The van der Waals surface area contributed by atoms with E-state index in [0.29, 0.717) is 0 Å². The summed E-state index contributed by atoms with van der Waals surface area (Å²) in [5.74, 6) is -4.01. The Morgan fingerprint density at radius 2 is 1.40 bits per heavy atom. The summed E-state index contributed by atoms with van der Waals surface area (Å²) in [7, 11) is 0. The zero-order chi connectivity index (χ0) is 16.9. The maximum Gasteiger partial charge on any atom is 0.372 e. The van der Waals surface area contributed by atoms with E-state index in [4.69, 9.17) is 26.2 Å². The number of nitrogens with two attached hydrogens (primary N) is 1. The lowest BCUT2D eigenvalue weighted by atomic mass is 10.3. The van der Waals surface area contributed by atoms with Gasteiger partial charge in [-0.2, -0.15) is 0 Å². The van der Waals surface area contributed by atoms with Crippen molar-refractivity contribution >= 4 is 23.7 Å². The van der Waals surface area contributed by atoms with Crippen LogP contribution in [0.1, 0.15) is 33.6 Å². The minimum absolute atomic E-state index is 0.0787. The van der Waals surface area contributed by atoms with E-state index in [9.17, 15) is 19.2 Å². The van der Waals surface area contributed by atoms with Crippen molar-refractivity contribution in [1.82, 2.24) is 0 Å². The monoisotopic (exact) mass is 295 g/mol. The molecule has 0 bridgehead atoms. The summed E-state index contributed by atoms with van der Waals surface area (Å²) in [6.45, 7) is 4.37. The van der Waals surface area contributed by atoms with Crippen molar-refractivity contribution in [2.45, 2.75) is 45.8 Å². The lowest BCUT2D eigenvalue weighted by molar-refractivity contribution is -0.148. The van der Waals surface area contributed by atoms with Gasteiger partial charge in [0.1, 0.15) is 6.04 Å². The van der Waals surface area contributed by atoms with Gasteiger partial charge in [0.05, 0.1) is 12.5 Å². The molecule has 0 aliphatic carbocycles. The van der Waals surface area contributed by atoms with E-state index >= 15 is 0 Å². The molecule has 0 spiro atoms. The Bertz CT molecular complexity index is 324. The van der Waals surface area contributed by atoms with Crippen LogP contribution in [-0.4, -0.2) is 56.3 Å². The number of carbonyl (C=O) groups is 4. The molecule has 20 heavy (non-hydrogen) atoms. The lowest BCUT2D eigenvalue weighted by Gasteiger charge is -1.94. The molecule has 2 unspecified atom stereocenters. The maximum absolute atomic E-state index is 9.91. The van der Waals surface area contributed by atoms with Gasteiger partial charge in [-0.05, 0) is 13.8 Å². The van der Waals surface area contributed by atoms with Crippen molar-refractivity contribution in [2.24, 2.45) is 5.73 Å². The largest absolute Gasteiger partial charge is 0.481 e. The molecule has 0 rings (SSSR count). The Kier molecular flexibility index (Phi) is 15.5. The van der Waals surface area contributed by atoms with Crippen LogP contribution in [0.15, 0.2) is 0 Å². The number of aliphatic carboxylic acids is 3. The fourth-order valence-electron chi connectivity index (χ4n) is 0.404. The van der Waals surface area contributed by atoms with Crippen molar-refractivity contribution in [1.29, 1.82) is 0 Å². The van der Waals surface area contributed by atoms with Gasteiger partial charge in [0.25, 0.3) is 0 Å². The SMILES string of the molecule is CC(N)C(=O)O.CC(O)CC(=O)O.CCC(=O)C(=O)O. The van der Waals surface area contributed by atoms with Gasteiger partial charge in [-0.3, -0.25) is 14.4 Å².